The van der Waals surface area contributed by atoms with Gasteiger partial charge in [-0.15, -0.1) is 0 Å². The zero-order valence-electron chi connectivity index (χ0n) is 11.3. The summed E-state index contributed by atoms with van der Waals surface area (Å²) in [7, 11) is -3.69. The smallest absolute Gasteiger partial charge is 0.305 e. The van der Waals surface area contributed by atoms with Crippen LogP contribution >= 0.6 is 0 Å². The van der Waals surface area contributed by atoms with Crippen LogP contribution in [0.5, 0.6) is 0 Å². The molecule has 0 unspecified atom stereocenters. The van der Waals surface area contributed by atoms with E-state index < -0.39 is 21.5 Å². The molecule has 0 heterocycles. The minimum absolute atomic E-state index is 0.300. The number of benzene rings is 1. The largest absolute Gasteiger partial charge is 0.481 e. The van der Waals surface area contributed by atoms with Gasteiger partial charge >= 0.3 is 5.97 Å². The number of aliphatic carboxylic acids is 1. The van der Waals surface area contributed by atoms with Crippen LogP contribution in [0.15, 0.2) is 24.3 Å². The normalized spacial score (nSPS) is 11.8. The molecule has 108 valence electrons. The van der Waals surface area contributed by atoms with Gasteiger partial charge in [0.15, 0.2) is 0 Å². The third-order valence-corrected chi connectivity index (χ3v) is 4.01. The fraction of sp³-hybridized carbons (Fsp3) is 0.385. The van der Waals surface area contributed by atoms with Gasteiger partial charge in [0.1, 0.15) is 0 Å². The van der Waals surface area contributed by atoms with Crippen molar-refractivity contribution in [1.29, 1.82) is 5.26 Å². The molecule has 0 aliphatic heterocycles. The zero-order chi connectivity index (χ0) is 15.4. The maximum absolute atomic E-state index is 12.0. The Kier molecular flexibility index (Phi) is 4.87. The summed E-state index contributed by atoms with van der Waals surface area (Å²) < 4.78 is 26.4. The van der Waals surface area contributed by atoms with Crippen LogP contribution in [0, 0.1) is 11.3 Å². The first-order valence-electron chi connectivity index (χ1n) is 5.86. The summed E-state index contributed by atoms with van der Waals surface area (Å²) in [5.41, 5.74) is -0.220. The van der Waals surface area contributed by atoms with Gasteiger partial charge < -0.3 is 5.11 Å². The van der Waals surface area contributed by atoms with Crippen molar-refractivity contribution in [3.63, 3.8) is 0 Å². The molecule has 2 N–H and O–H groups in total. The van der Waals surface area contributed by atoms with E-state index >= 15 is 0 Å². The minimum atomic E-state index is -3.69. The summed E-state index contributed by atoms with van der Waals surface area (Å²) in [6.45, 7) is 3.01. The Hall–Kier alpha value is -1.91. The lowest BCUT2D eigenvalue weighted by molar-refractivity contribution is -0.138. The second-order valence-electron chi connectivity index (χ2n) is 5.13. The van der Waals surface area contributed by atoms with Crippen LogP contribution in [-0.4, -0.2) is 25.0 Å². The number of rotatable bonds is 6. The van der Waals surface area contributed by atoms with Gasteiger partial charge in [0, 0.05) is 5.54 Å². The summed E-state index contributed by atoms with van der Waals surface area (Å²) in [5, 5.41) is 17.5. The molecule has 0 atom stereocenters. The molecule has 0 radical (unpaired) electrons. The van der Waals surface area contributed by atoms with E-state index in [4.69, 9.17) is 10.4 Å². The number of carbonyl (C=O) groups is 1. The molecule has 0 aliphatic carbocycles. The molecule has 0 aromatic heterocycles. The van der Waals surface area contributed by atoms with Gasteiger partial charge in [-0.05, 0) is 31.5 Å². The van der Waals surface area contributed by atoms with Crippen LogP contribution in [0.25, 0.3) is 0 Å². The molecule has 1 aromatic rings. The third kappa shape index (κ3) is 5.38. The molecule has 20 heavy (non-hydrogen) atoms. The van der Waals surface area contributed by atoms with E-state index in [0.717, 1.165) is 0 Å². The SMILES string of the molecule is CC(C)(CC(=O)O)NS(=O)(=O)Cc1cccc(C#N)c1. The first-order valence-corrected chi connectivity index (χ1v) is 7.51. The highest BCUT2D eigenvalue weighted by atomic mass is 32.2. The fourth-order valence-corrected chi connectivity index (χ4v) is 3.43. The van der Waals surface area contributed by atoms with Crippen molar-refractivity contribution in [1.82, 2.24) is 4.72 Å². The van der Waals surface area contributed by atoms with E-state index in [2.05, 4.69) is 4.72 Å². The lowest BCUT2D eigenvalue weighted by Gasteiger charge is -2.23. The second-order valence-corrected chi connectivity index (χ2v) is 6.85. The van der Waals surface area contributed by atoms with E-state index in [1.54, 1.807) is 18.2 Å². The van der Waals surface area contributed by atoms with Gasteiger partial charge in [0.25, 0.3) is 0 Å². The first kappa shape index (κ1) is 16.1. The third-order valence-electron chi connectivity index (χ3n) is 2.44. The van der Waals surface area contributed by atoms with E-state index in [0.29, 0.717) is 11.1 Å². The maximum atomic E-state index is 12.0. The summed E-state index contributed by atoms with van der Waals surface area (Å²) >= 11 is 0. The van der Waals surface area contributed by atoms with Gasteiger partial charge in [0.2, 0.25) is 10.0 Å². The highest BCUT2D eigenvalue weighted by Gasteiger charge is 2.27. The predicted molar refractivity (Wildman–Crippen MR) is 73.2 cm³/mol. The van der Waals surface area contributed by atoms with Gasteiger partial charge in [-0.3, -0.25) is 4.79 Å². The number of hydrogen-bond donors (Lipinski definition) is 2. The Bertz CT molecular complexity index is 645. The van der Waals surface area contributed by atoms with E-state index in [1.807, 2.05) is 6.07 Å². The molecule has 7 heteroatoms. The van der Waals surface area contributed by atoms with Crippen molar-refractivity contribution in [3.05, 3.63) is 35.4 Å². The van der Waals surface area contributed by atoms with Gasteiger partial charge in [-0.25, -0.2) is 13.1 Å². The average molecular weight is 296 g/mol. The molecule has 0 aliphatic rings. The molecule has 0 spiro atoms. The molecular formula is C13H16N2O4S. The monoisotopic (exact) mass is 296 g/mol. The van der Waals surface area contributed by atoms with Crippen molar-refractivity contribution in [3.8, 4) is 6.07 Å². The number of nitrogens with zero attached hydrogens (tertiary/aromatic N) is 1. The lowest BCUT2D eigenvalue weighted by atomic mass is 10.0. The Balaban J connectivity index is 2.85. The van der Waals surface area contributed by atoms with Crippen molar-refractivity contribution in [2.24, 2.45) is 0 Å². The highest BCUT2D eigenvalue weighted by Crippen LogP contribution is 2.14. The number of carboxylic acid groups (broad SMARTS) is 1. The molecule has 0 bridgehead atoms. The lowest BCUT2D eigenvalue weighted by Crippen LogP contribution is -2.45. The first-order chi connectivity index (χ1) is 9.13. The van der Waals surface area contributed by atoms with Crippen LogP contribution < -0.4 is 4.72 Å². The van der Waals surface area contributed by atoms with Crippen LogP contribution in [0.3, 0.4) is 0 Å². The van der Waals surface area contributed by atoms with Crippen molar-refractivity contribution in [2.45, 2.75) is 31.6 Å². The quantitative estimate of drug-likeness (QED) is 0.821. The summed E-state index contributed by atoms with van der Waals surface area (Å²) in [5.74, 6) is -1.38. The maximum Gasteiger partial charge on any atom is 0.305 e. The average Bonchev–Trinajstić information content (AvgIpc) is 2.24. The standard InChI is InChI=1S/C13H16N2O4S/c1-13(2,7-12(16)17)15-20(18,19)9-11-5-3-4-10(6-11)8-14/h3-6,15H,7,9H2,1-2H3,(H,16,17). The summed E-state index contributed by atoms with van der Waals surface area (Å²) in [6, 6.07) is 8.21. The van der Waals surface area contributed by atoms with Gasteiger partial charge in [-0.1, -0.05) is 12.1 Å². The zero-order valence-corrected chi connectivity index (χ0v) is 12.1. The molecule has 0 amide bonds. The highest BCUT2D eigenvalue weighted by molar-refractivity contribution is 7.88. The van der Waals surface area contributed by atoms with Gasteiger partial charge in [0.05, 0.1) is 23.8 Å². The summed E-state index contributed by atoms with van der Waals surface area (Å²) in [6.07, 6.45) is -0.315. The van der Waals surface area contributed by atoms with E-state index in [9.17, 15) is 13.2 Å². The topological polar surface area (TPSA) is 107 Å². The van der Waals surface area contributed by atoms with E-state index in [1.165, 1.54) is 19.9 Å². The molecule has 0 saturated carbocycles. The number of sulfonamides is 1. The molecule has 6 nitrogen and oxygen atoms in total. The van der Waals surface area contributed by atoms with Crippen molar-refractivity contribution >= 4 is 16.0 Å². The van der Waals surface area contributed by atoms with Crippen LogP contribution in [0.1, 0.15) is 31.4 Å². The van der Waals surface area contributed by atoms with Crippen molar-refractivity contribution in [2.75, 3.05) is 0 Å². The van der Waals surface area contributed by atoms with Crippen molar-refractivity contribution < 1.29 is 18.3 Å². The van der Waals surface area contributed by atoms with Gasteiger partial charge in [-0.2, -0.15) is 5.26 Å². The predicted octanol–water partition coefficient (Wildman–Crippen LogP) is 1.23. The number of carboxylic acids is 1. The Morgan fingerprint density at radius 2 is 2.10 bits per heavy atom. The number of hydrogen-bond acceptors (Lipinski definition) is 4. The number of nitrogens with one attached hydrogen (secondary N) is 1. The van der Waals surface area contributed by atoms with E-state index in [-0.39, 0.29) is 12.2 Å². The molecule has 0 fully saturated rings. The molecular weight excluding hydrogens is 280 g/mol. The minimum Gasteiger partial charge on any atom is -0.481 e. The van der Waals surface area contributed by atoms with Crippen LogP contribution in [-0.2, 0) is 20.6 Å². The summed E-state index contributed by atoms with van der Waals surface area (Å²) in [4.78, 5) is 10.7. The van der Waals surface area contributed by atoms with Crippen LogP contribution in [0.2, 0.25) is 0 Å². The number of nitriles is 1. The second kappa shape index (κ2) is 6.03. The van der Waals surface area contributed by atoms with Crippen LogP contribution in [0.4, 0.5) is 0 Å². The Morgan fingerprint density at radius 3 is 2.65 bits per heavy atom. The molecule has 1 rings (SSSR count). The fourth-order valence-electron chi connectivity index (χ4n) is 1.82. The Morgan fingerprint density at radius 1 is 1.45 bits per heavy atom. The molecule has 0 saturated heterocycles. The Labute approximate surface area is 118 Å². The molecule has 1 aromatic carbocycles.